The van der Waals surface area contributed by atoms with Crippen molar-refractivity contribution in [2.24, 2.45) is 0 Å². The third-order valence-corrected chi connectivity index (χ3v) is 2.70. The van der Waals surface area contributed by atoms with E-state index in [1.54, 1.807) is 6.92 Å². The van der Waals surface area contributed by atoms with E-state index in [1.807, 2.05) is 25.8 Å². The number of aliphatic hydroxyl groups is 1. The Labute approximate surface area is 99.0 Å². The van der Waals surface area contributed by atoms with Crippen LogP contribution in [0.5, 0.6) is 0 Å². The fourth-order valence-electron chi connectivity index (χ4n) is 1.24. The molecule has 0 aliphatic carbocycles. The number of carbonyl (C=O) groups excluding carboxylic acids is 1. The SMILES string of the molecule is CCC(C)(C)NC(=O)CN(C)CCC(C)O. The second-order valence-electron chi connectivity index (χ2n) is 5.16. The van der Waals surface area contributed by atoms with Crippen LogP contribution in [0, 0.1) is 0 Å². The first kappa shape index (κ1) is 15.4. The van der Waals surface area contributed by atoms with Crippen molar-refractivity contribution in [1.29, 1.82) is 0 Å². The third-order valence-electron chi connectivity index (χ3n) is 2.70. The van der Waals surface area contributed by atoms with Crippen LogP contribution in [0.1, 0.15) is 40.5 Å². The van der Waals surface area contributed by atoms with Crippen molar-refractivity contribution < 1.29 is 9.90 Å². The zero-order valence-corrected chi connectivity index (χ0v) is 11.2. The van der Waals surface area contributed by atoms with Gasteiger partial charge in [-0.25, -0.2) is 0 Å². The van der Waals surface area contributed by atoms with E-state index in [1.165, 1.54) is 0 Å². The Hall–Kier alpha value is -0.610. The van der Waals surface area contributed by atoms with E-state index in [2.05, 4.69) is 12.2 Å². The van der Waals surface area contributed by atoms with Crippen molar-refractivity contribution in [3.63, 3.8) is 0 Å². The van der Waals surface area contributed by atoms with Crippen LogP contribution in [0.2, 0.25) is 0 Å². The van der Waals surface area contributed by atoms with E-state index in [-0.39, 0.29) is 17.6 Å². The molecule has 2 N–H and O–H groups in total. The van der Waals surface area contributed by atoms with Gasteiger partial charge in [0.1, 0.15) is 0 Å². The molecule has 4 nitrogen and oxygen atoms in total. The Morgan fingerprint density at radius 3 is 2.50 bits per heavy atom. The topological polar surface area (TPSA) is 52.6 Å². The lowest BCUT2D eigenvalue weighted by Crippen LogP contribution is -2.47. The van der Waals surface area contributed by atoms with Crippen LogP contribution in [0.25, 0.3) is 0 Å². The molecule has 0 saturated heterocycles. The molecule has 96 valence electrons. The highest BCUT2D eigenvalue weighted by Gasteiger charge is 2.18. The predicted octanol–water partition coefficient (Wildman–Crippen LogP) is 0.994. The predicted molar refractivity (Wildman–Crippen MR) is 66.3 cm³/mol. The van der Waals surface area contributed by atoms with Gasteiger partial charge in [-0.3, -0.25) is 9.69 Å². The second-order valence-corrected chi connectivity index (χ2v) is 5.16. The number of hydrogen-bond acceptors (Lipinski definition) is 3. The van der Waals surface area contributed by atoms with Crippen molar-refractivity contribution in [3.05, 3.63) is 0 Å². The smallest absolute Gasteiger partial charge is 0.234 e. The molecular formula is C12H26N2O2. The summed E-state index contributed by atoms with van der Waals surface area (Å²) in [4.78, 5) is 13.6. The van der Waals surface area contributed by atoms with E-state index in [0.717, 1.165) is 13.0 Å². The second kappa shape index (κ2) is 6.86. The Kier molecular flexibility index (Phi) is 6.60. The monoisotopic (exact) mass is 230 g/mol. The van der Waals surface area contributed by atoms with Gasteiger partial charge in [0.2, 0.25) is 5.91 Å². The lowest BCUT2D eigenvalue weighted by Gasteiger charge is -2.26. The molecule has 0 fully saturated rings. The Morgan fingerprint density at radius 2 is 2.06 bits per heavy atom. The molecule has 0 rings (SSSR count). The van der Waals surface area contributed by atoms with Crippen molar-refractivity contribution in [2.45, 2.75) is 52.2 Å². The van der Waals surface area contributed by atoms with Crippen molar-refractivity contribution in [2.75, 3.05) is 20.1 Å². The normalized spacial score (nSPS) is 13.9. The molecule has 1 amide bonds. The lowest BCUT2D eigenvalue weighted by atomic mass is 10.0. The van der Waals surface area contributed by atoms with Crippen LogP contribution >= 0.6 is 0 Å². The molecule has 0 aromatic carbocycles. The number of rotatable bonds is 7. The summed E-state index contributed by atoms with van der Waals surface area (Å²) in [5, 5.41) is 12.1. The molecule has 4 heteroatoms. The molecule has 0 saturated carbocycles. The van der Waals surface area contributed by atoms with Crippen molar-refractivity contribution >= 4 is 5.91 Å². The summed E-state index contributed by atoms with van der Waals surface area (Å²) in [6.07, 6.45) is 1.30. The Bertz CT molecular complexity index is 215. The maximum absolute atomic E-state index is 11.7. The quantitative estimate of drug-likeness (QED) is 0.686. The molecule has 0 aromatic rings. The lowest BCUT2D eigenvalue weighted by molar-refractivity contribution is -0.123. The molecule has 16 heavy (non-hydrogen) atoms. The first-order valence-electron chi connectivity index (χ1n) is 5.94. The number of likely N-dealkylation sites (N-methyl/N-ethyl adjacent to an activating group) is 1. The summed E-state index contributed by atoms with van der Waals surface area (Å²) < 4.78 is 0. The molecule has 0 aromatic heterocycles. The third kappa shape index (κ3) is 7.65. The van der Waals surface area contributed by atoms with E-state index >= 15 is 0 Å². The highest BCUT2D eigenvalue weighted by molar-refractivity contribution is 5.78. The van der Waals surface area contributed by atoms with Gasteiger partial charge in [0.15, 0.2) is 0 Å². The molecule has 0 radical (unpaired) electrons. The molecule has 0 spiro atoms. The number of carbonyl (C=O) groups is 1. The molecule has 0 bridgehead atoms. The minimum Gasteiger partial charge on any atom is -0.393 e. The summed E-state index contributed by atoms with van der Waals surface area (Å²) in [6.45, 7) is 8.96. The van der Waals surface area contributed by atoms with E-state index in [0.29, 0.717) is 13.0 Å². The summed E-state index contributed by atoms with van der Waals surface area (Å²) in [7, 11) is 1.89. The summed E-state index contributed by atoms with van der Waals surface area (Å²) in [5.74, 6) is 0.0416. The minimum atomic E-state index is -0.308. The van der Waals surface area contributed by atoms with Crippen LogP contribution in [-0.4, -0.2) is 47.7 Å². The van der Waals surface area contributed by atoms with Gasteiger partial charge < -0.3 is 10.4 Å². The Balaban J connectivity index is 3.87. The van der Waals surface area contributed by atoms with Crippen LogP contribution in [-0.2, 0) is 4.79 Å². The number of nitrogens with one attached hydrogen (secondary N) is 1. The van der Waals surface area contributed by atoms with Gasteiger partial charge in [-0.2, -0.15) is 0 Å². The molecule has 0 aliphatic rings. The first-order chi connectivity index (χ1) is 7.26. The van der Waals surface area contributed by atoms with Gasteiger partial charge in [-0.05, 0) is 40.7 Å². The van der Waals surface area contributed by atoms with Crippen LogP contribution < -0.4 is 5.32 Å². The van der Waals surface area contributed by atoms with Gasteiger partial charge in [0.25, 0.3) is 0 Å². The molecule has 0 aliphatic heterocycles. The largest absolute Gasteiger partial charge is 0.393 e. The zero-order chi connectivity index (χ0) is 12.8. The number of nitrogens with zero attached hydrogens (tertiary/aromatic N) is 1. The molecule has 1 unspecified atom stereocenters. The zero-order valence-electron chi connectivity index (χ0n) is 11.2. The number of amides is 1. The van der Waals surface area contributed by atoms with Gasteiger partial charge in [0, 0.05) is 12.1 Å². The average Bonchev–Trinajstić information content (AvgIpc) is 2.13. The average molecular weight is 230 g/mol. The highest BCUT2D eigenvalue weighted by Crippen LogP contribution is 2.06. The molecular weight excluding hydrogens is 204 g/mol. The van der Waals surface area contributed by atoms with E-state index < -0.39 is 0 Å². The van der Waals surface area contributed by atoms with Crippen LogP contribution in [0.4, 0.5) is 0 Å². The summed E-state index contributed by atoms with van der Waals surface area (Å²) in [6, 6.07) is 0. The van der Waals surface area contributed by atoms with Crippen molar-refractivity contribution in [1.82, 2.24) is 10.2 Å². The fraction of sp³-hybridized carbons (Fsp3) is 0.917. The highest BCUT2D eigenvalue weighted by atomic mass is 16.3. The van der Waals surface area contributed by atoms with Gasteiger partial charge in [-0.15, -0.1) is 0 Å². The fourth-order valence-corrected chi connectivity index (χ4v) is 1.24. The molecule has 0 heterocycles. The van der Waals surface area contributed by atoms with Gasteiger partial charge >= 0.3 is 0 Å². The van der Waals surface area contributed by atoms with Gasteiger partial charge in [0.05, 0.1) is 12.6 Å². The van der Waals surface area contributed by atoms with Gasteiger partial charge in [-0.1, -0.05) is 6.92 Å². The summed E-state index contributed by atoms with van der Waals surface area (Å²) >= 11 is 0. The van der Waals surface area contributed by atoms with Crippen LogP contribution in [0.3, 0.4) is 0 Å². The van der Waals surface area contributed by atoms with Crippen molar-refractivity contribution in [3.8, 4) is 0 Å². The Morgan fingerprint density at radius 1 is 1.50 bits per heavy atom. The minimum absolute atomic E-state index is 0.0416. The molecule has 1 atom stereocenters. The first-order valence-corrected chi connectivity index (χ1v) is 5.94. The number of aliphatic hydroxyl groups excluding tert-OH is 1. The van der Waals surface area contributed by atoms with Crippen LogP contribution in [0.15, 0.2) is 0 Å². The number of hydrogen-bond donors (Lipinski definition) is 2. The summed E-state index contributed by atoms with van der Waals surface area (Å²) in [5.41, 5.74) is -0.137. The maximum atomic E-state index is 11.7. The maximum Gasteiger partial charge on any atom is 0.234 e. The van der Waals surface area contributed by atoms with E-state index in [9.17, 15) is 4.79 Å². The standard InChI is InChI=1S/C12H26N2O2/c1-6-12(3,4)13-11(16)9-14(5)8-7-10(2)15/h10,15H,6-9H2,1-5H3,(H,13,16). The van der Waals surface area contributed by atoms with E-state index in [4.69, 9.17) is 5.11 Å².